The second-order valence-corrected chi connectivity index (χ2v) is 5.60. The van der Waals surface area contributed by atoms with Crippen molar-refractivity contribution in [3.05, 3.63) is 65.9 Å². The number of nitrogens with one attached hydrogen (secondary N) is 1. The third-order valence-electron chi connectivity index (χ3n) is 3.61. The molecule has 0 unspecified atom stereocenters. The highest BCUT2D eigenvalue weighted by molar-refractivity contribution is 5.96. The van der Waals surface area contributed by atoms with Crippen molar-refractivity contribution < 1.29 is 13.9 Å². The average Bonchev–Trinajstić information content (AvgIpc) is 2.98. The van der Waals surface area contributed by atoms with Gasteiger partial charge in [0.25, 0.3) is 5.91 Å². The van der Waals surface area contributed by atoms with Crippen LogP contribution in [0.15, 0.2) is 59.0 Å². The van der Waals surface area contributed by atoms with E-state index in [2.05, 4.69) is 5.32 Å². The summed E-state index contributed by atoms with van der Waals surface area (Å²) in [6.07, 6.45) is 0. The Morgan fingerprint density at radius 1 is 1.17 bits per heavy atom. The summed E-state index contributed by atoms with van der Waals surface area (Å²) in [4.78, 5) is 12.2. The monoisotopic (exact) mass is 309 g/mol. The molecule has 1 atom stereocenters. The van der Waals surface area contributed by atoms with Crippen LogP contribution in [0, 0.1) is 6.92 Å². The Balaban J connectivity index is 1.60. The first-order valence-corrected chi connectivity index (χ1v) is 7.61. The maximum absolute atomic E-state index is 12.2. The van der Waals surface area contributed by atoms with Crippen molar-refractivity contribution in [2.24, 2.45) is 0 Å². The van der Waals surface area contributed by atoms with Gasteiger partial charge in [0.05, 0.1) is 6.04 Å². The summed E-state index contributed by atoms with van der Waals surface area (Å²) in [6.45, 7) is 4.29. The lowest BCUT2D eigenvalue weighted by Crippen LogP contribution is -2.36. The van der Waals surface area contributed by atoms with Gasteiger partial charge in [0.2, 0.25) is 0 Å². The summed E-state index contributed by atoms with van der Waals surface area (Å²) in [6, 6.07) is 17.0. The van der Waals surface area contributed by atoms with E-state index in [0.29, 0.717) is 18.0 Å². The van der Waals surface area contributed by atoms with E-state index >= 15 is 0 Å². The number of furan rings is 1. The Kier molecular flexibility index (Phi) is 4.33. The fourth-order valence-corrected chi connectivity index (χ4v) is 2.36. The number of aryl methyl sites for hydroxylation is 1. The van der Waals surface area contributed by atoms with E-state index in [0.717, 1.165) is 16.7 Å². The minimum Gasteiger partial charge on any atom is -0.491 e. The van der Waals surface area contributed by atoms with Gasteiger partial charge in [0.15, 0.2) is 5.76 Å². The van der Waals surface area contributed by atoms with E-state index in [-0.39, 0.29) is 11.9 Å². The summed E-state index contributed by atoms with van der Waals surface area (Å²) in [5.41, 5.74) is 1.78. The molecule has 3 rings (SSSR count). The maximum Gasteiger partial charge on any atom is 0.287 e. The number of rotatable bonds is 5. The van der Waals surface area contributed by atoms with E-state index in [9.17, 15) is 4.79 Å². The van der Waals surface area contributed by atoms with Crippen molar-refractivity contribution in [2.45, 2.75) is 19.9 Å². The molecule has 0 saturated carbocycles. The van der Waals surface area contributed by atoms with E-state index in [1.165, 1.54) is 0 Å². The van der Waals surface area contributed by atoms with E-state index in [1.807, 2.05) is 62.4 Å². The number of para-hydroxylation sites is 2. The highest BCUT2D eigenvalue weighted by Crippen LogP contribution is 2.19. The molecule has 2 aromatic carbocycles. The molecule has 0 aliphatic carbocycles. The first kappa shape index (κ1) is 15.2. The zero-order valence-electron chi connectivity index (χ0n) is 13.2. The number of fused-ring (bicyclic) bond motifs is 1. The van der Waals surface area contributed by atoms with Crippen LogP contribution in [0.25, 0.3) is 11.0 Å². The zero-order valence-corrected chi connectivity index (χ0v) is 13.2. The van der Waals surface area contributed by atoms with Gasteiger partial charge < -0.3 is 14.5 Å². The molecule has 1 amide bonds. The van der Waals surface area contributed by atoms with Crippen LogP contribution in [-0.4, -0.2) is 18.6 Å². The number of hydrogen-bond donors (Lipinski definition) is 1. The molecule has 1 heterocycles. The van der Waals surface area contributed by atoms with E-state index in [4.69, 9.17) is 9.15 Å². The lowest BCUT2D eigenvalue weighted by Gasteiger charge is -2.15. The van der Waals surface area contributed by atoms with Gasteiger partial charge >= 0.3 is 0 Å². The summed E-state index contributed by atoms with van der Waals surface area (Å²) < 4.78 is 11.3. The topological polar surface area (TPSA) is 51.5 Å². The highest BCUT2D eigenvalue weighted by Gasteiger charge is 2.15. The lowest BCUT2D eigenvalue weighted by atomic mass is 10.2. The lowest BCUT2D eigenvalue weighted by molar-refractivity contribution is 0.0901. The van der Waals surface area contributed by atoms with Crippen LogP contribution >= 0.6 is 0 Å². The normalized spacial score (nSPS) is 12.1. The van der Waals surface area contributed by atoms with Gasteiger partial charge in [-0.3, -0.25) is 4.79 Å². The second-order valence-electron chi connectivity index (χ2n) is 5.60. The largest absolute Gasteiger partial charge is 0.491 e. The predicted molar refractivity (Wildman–Crippen MR) is 89.8 cm³/mol. The van der Waals surface area contributed by atoms with Gasteiger partial charge in [-0.2, -0.15) is 0 Å². The van der Waals surface area contributed by atoms with E-state index < -0.39 is 0 Å². The molecule has 4 nitrogen and oxygen atoms in total. The summed E-state index contributed by atoms with van der Waals surface area (Å²) in [5.74, 6) is 0.911. The van der Waals surface area contributed by atoms with Gasteiger partial charge in [-0.05, 0) is 37.6 Å². The molecule has 1 N–H and O–H groups in total. The van der Waals surface area contributed by atoms with Gasteiger partial charge in [-0.15, -0.1) is 0 Å². The molecule has 118 valence electrons. The van der Waals surface area contributed by atoms with Crippen LogP contribution in [0.5, 0.6) is 5.75 Å². The third kappa shape index (κ3) is 3.54. The second kappa shape index (κ2) is 6.57. The number of hydrogen-bond acceptors (Lipinski definition) is 3. The molecule has 4 heteroatoms. The van der Waals surface area contributed by atoms with Crippen molar-refractivity contribution in [1.29, 1.82) is 0 Å². The van der Waals surface area contributed by atoms with Crippen LogP contribution in [-0.2, 0) is 0 Å². The highest BCUT2D eigenvalue weighted by atomic mass is 16.5. The van der Waals surface area contributed by atoms with Crippen LogP contribution < -0.4 is 10.1 Å². The molecule has 0 bridgehead atoms. The van der Waals surface area contributed by atoms with Crippen molar-refractivity contribution >= 4 is 16.9 Å². The van der Waals surface area contributed by atoms with E-state index in [1.54, 1.807) is 6.07 Å². The molecule has 23 heavy (non-hydrogen) atoms. The van der Waals surface area contributed by atoms with Gasteiger partial charge in [0.1, 0.15) is 17.9 Å². The first-order valence-electron chi connectivity index (χ1n) is 7.61. The van der Waals surface area contributed by atoms with Crippen LogP contribution in [0.3, 0.4) is 0 Å². The number of amides is 1. The molecule has 0 spiro atoms. The van der Waals surface area contributed by atoms with Gasteiger partial charge in [0, 0.05) is 5.39 Å². The molecular formula is C19H19NO3. The summed E-state index contributed by atoms with van der Waals surface area (Å²) >= 11 is 0. The third-order valence-corrected chi connectivity index (χ3v) is 3.61. The molecule has 3 aromatic rings. The Morgan fingerprint density at radius 3 is 2.70 bits per heavy atom. The standard InChI is InChI=1S/C19H19NO3/c1-13-7-3-5-9-16(13)22-12-14(2)20-19(21)18-11-15-8-4-6-10-17(15)23-18/h3-11,14H,12H2,1-2H3,(H,20,21)/t14-/m1/s1. The van der Waals surface area contributed by atoms with Crippen molar-refractivity contribution in [2.75, 3.05) is 6.61 Å². The van der Waals surface area contributed by atoms with Gasteiger partial charge in [-0.1, -0.05) is 36.4 Å². The predicted octanol–water partition coefficient (Wildman–Crippen LogP) is 3.94. The Hall–Kier alpha value is -2.75. The molecular weight excluding hydrogens is 290 g/mol. The number of carbonyl (C=O) groups is 1. The van der Waals surface area contributed by atoms with Crippen molar-refractivity contribution in [3.63, 3.8) is 0 Å². The zero-order chi connectivity index (χ0) is 16.2. The fraction of sp³-hybridized carbons (Fsp3) is 0.211. The number of benzene rings is 2. The van der Waals surface area contributed by atoms with Crippen LogP contribution in [0.2, 0.25) is 0 Å². The Labute approximate surface area is 135 Å². The van der Waals surface area contributed by atoms with Crippen molar-refractivity contribution in [3.8, 4) is 5.75 Å². The molecule has 0 fully saturated rings. The number of carbonyl (C=O) groups excluding carboxylic acids is 1. The van der Waals surface area contributed by atoms with Gasteiger partial charge in [-0.25, -0.2) is 0 Å². The molecule has 0 aliphatic heterocycles. The Bertz CT molecular complexity index is 789. The molecule has 0 saturated heterocycles. The fourth-order valence-electron chi connectivity index (χ4n) is 2.36. The number of ether oxygens (including phenoxy) is 1. The SMILES string of the molecule is Cc1ccccc1OC[C@@H](C)NC(=O)c1cc2ccccc2o1. The van der Waals surface area contributed by atoms with Crippen LogP contribution in [0.4, 0.5) is 0 Å². The smallest absolute Gasteiger partial charge is 0.287 e. The minimum atomic E-state index is -0.234. The first-order chi connectivity index (χ1) is 11.1. The van der Waals surface area contributed by atoms with Crippen molar-refractivity contribution in [1.82, 2.24) is 5.32 Å². The summed E-state index contributed by atoms with van der Waals surface area (Å²) in [7, 11) is 0. The quantitative estimate of drug-likeness (QED) is 0.776. The molecule has 0 aliphatic rings. The summed E-state index contributed by atoms with van der Waals surface area (Å²) in [5, 5.41) is 3.81. The van der Waals surface area contributed by atoms with Crippen LogP contribution in [0.1, 0.15) is 23.0 Å². The average molecular weight is 309 g/mol. The Morgan fingerprint density at radius 2 is 1.91 bits per heavy atom. The molecule has 0 radical (unpaired) electrons. The molecule has 1 aromatic heterocycles. The maximum atomic E-state index is 12.2. The minimum absolute atomic E-state index is 0.129.